The molecule has 3 rings (SSSR count). The van der Waals surface area contributed by atoms with E-state index in [1.165, 1.54) is 42.5 Å². The second kappa shape index (κ2) is 6.87. The third kappa shape index (κ3) is 3.68. The Morgan fingerprint density at radius 2 is 1.67 bits per heavy atom. The number of hydrogen-bond acceptors (Lipinski definition) is 7. The van der Waals surface area contributed by atoms with Crippen LogP contribution in [-0.4, -0.2) is 26.0 Å². The fourth-order valence-corrected chi connectivity index (χ4v) is 2.28. The Labute approximate surface area is 149 Å². The topological polar surface area (TPSA) is 176 Å². The highest BCUT2D eigenvalue weighted by molar-refractivity contribution is 5.96. The van der Waals surface area contributed by atoms with Crippen molar-refractivity contribution in [3.05, 3.63) is 62.7 Å². The maximum atomic E-state index is 11.8. The number of aromatic nitrogens is 1. The average Bonchev–Trinajstić information content (AvgIpc) is 2.94. The van der Waals surface area contributed by atoms with Crippen molar-refractivity contribution in [1.29, 1.82) is 0 Å². The van der Waals surface area contributed by atoms with Gasteiger partial charge in [0.1, 0.15) is 0 Å². The predicted octanol–water partition coefficient (Wildman–Crippen LogP) is 4.01. The van der Waals surface area contributed by atoms with Gasteiger partial charge in [0, 0.05) is 35.3 Å². The SMILES string of the molecule is O=C(N=Nc1c(O)[nH]c2ccc([N+](=O)[O-])cc12)Nc1ccc([N+](=O)[O-])cc1. The number of aromatic hydroxyl groups is 1. The van der Waals surface area contributed by atoms with Crippen molar-refractivity contribution in [3.63, 3.8) is 0 Å². The summed E-state index contributed by atoms with van der Waals surface area (Å²) in [5.74, 6) is -0.405. The van der Waals surface area contributed by atoms with E-state index in [0.29, 0.717) is 5.52 Å². The first-order valence-corrected chi connectivity index (χ1v) is 7.31. The molecule has 12 nitrogen and oxygen atoms in total. The molecule has 0 unspecified atom stereocenters. The molecule has 12 heteroatoms. The van der Waals surface area contributed by atoms with E-state index in [4.69, 9.17) is 0 Å². The lowest BCUT2D eigenvalue weighted by atomic mass is 10.2. The molecule has 2 amide bonds. The fourth-order valence-electron chi connectivity index (χ4n) is 2.28. The monoisotopic (exact) mass is 370 g/mol. The Bertz CT molecular complexity index is 1090. The largest absolute Gasteiger partial charge is 0.493 e. The number of fused-ring (bicyclic) bond motifs is 1. The van der Waals surface area contributed by atoms with Crippen LogP contribution in [0.2, 0.25) is 0 Å². The van der Waals surface area contributed by atoms with Crippen LogP contribution in [0.4, 0.5) is 27.5 Å². The Morgan fingerprint density at radius 1 is 1.04 bits per heavy atom. The number of amides is 2. The Morgan fingerprint density at radius 3 is 2.30 bits per heavy atom. The maximum Gasteiger partial charge on any atom is 0.364 e. The lowest BCUT2D eigenvalue weighted by molar-refractivity contribution is -0.385. The van der Waals surface area contributed by atoms with Gasteiger partial charge in [-0.15, -0.1) is 5.11 Å². The number of azo groups is 1. The van der Waals surface area contributed by atoms with Gasteiger partial charge in [-0.2, -0.15) is 0 Å². The summed E-state index contributed by atoms with van der Waals surface area (Å²) in [5.41, 5.74) is 0.145. The van der Waals surface area contributed by atoms with Crippen LogP contribution in [0.3, 0.4) is 0 Å². The number of nitro groups is 2. The van der Waals surface area contributed by atoms with Crippen LogP contribution < -0.4 is 5.32 Å². The van der Waals surface area contributed by atoms with E-state index in [-0.39, 0.29) is 28.1 Å². The van der Waals surface area contributed by atoms with Crippen molar-refractivity contribution in [2.24, 2.45) is 10.2 Å². The first-order valence-electron chi connectivity index (χ1n) is 7.31. The van der Waals surface area contributed by atoms with E-state index in [2.05, 4.69) is 20.5 Å². The van der Waals surface area contributed by atoms with E-state index < -0.39 is 21.8 Å². The Balaban J connectivity index is 1.81. The van der Waals surface area contributed by atoms with E-state index in [1.54, 1.807) is 0 Å². The number of nitro benzene ring substituents is 2. The zero-order valence-electron chi connectivity index (χ0n) is 13.3. The number of nitrogens with zero attached hydrogens (tertiary/aromatic N) is 4. The normalized spacial score (nSPS) is 11.0. The number of non-ortho nitro benzene ring substituents is 2. The third-order valence-corrected chi connectivity index (χ3v) is 3.52. The van der Waals surface area contributed by atoms with E-state index in [0.717, 1.165) is 0 Å². The number of rotatable bonds is 4. The molecule has 0 aliphatic heterocycles. The molecule has 0 spiro atoms. The molecule has 0 saturated carbocycles. The number of carbonyl (C=O) groups excluding carboxylic acids is 1. The molecular formula is C15H10N6O6. The number of nitrogens with one attached hydrogen (secondary N) is 2. The van der Waals surface area contributed by atoms with Crippen molar-refractivity contribution in [3.8, 4) is 5.88 Å². The molecule has 0 aliphatic rings. The van der Waals surface area contributed by atoms with Gasteiger partial charge in [-0.1, -0.05) is 5.11 Å². The molecule has 1 aromatic heterocycles. The van der Waals surface area contributed by atoms with Crippen molar-refractivity contribution in [1.82, 2.24) is 4.98 Å². The second-order valence-electron chi connectivity index (χ2n) is 5.24. The van der Waals surface area contributed by atoms with E-state index >= 15 is 0 Å². The van der Waals surface area contributed by atoms with Crippen molar-refractivity contribution >= 4 is 39.7 Å². The third-order valence-electron chi connectivity index (χ3n) is 3.52. The molecule has 0 bridgehead atoms. The van der Waals surface area contributed by atoms with Crippen LogP contribution in [0, 0.1) is 20.2 Å². The minimum absolute atomic E-state index is 0.132. The van der Waals surface area contributed by atoms with Crippen molar-refractivity contribution in [2.75, 3.05) is 5.32 Å². The standard InChI is InChI=1S/C15H10N6O6/c22-14-13(11-7-10(21(26)27)5-6-12(11)17-14)18-19-15(23)16-8-1-3-9(4-2-8)20(24)25/h1-7,17,22H,(H,16,23). The number of anilines is 1. The maximum absolute atomic E-state index is 11.8. The van der Waals surface area contributed by atoms with Crippen LogP contribution in [-0.2, 0) is 0 Å². The number of benzene rings is 2. The number of aromatic amines is 1. The lowest BCUT2D eigenvalue weighted by Crippen LogP contribution is -2.05. The fraction of sp³-hybridized carbons (Fsp3) is 0. The van der Waals surface area contributed by atoms with Gasteiger partial charge in [0.25, 0.3) is 11.4 Å². The van der Waals surface area contributed by atoms with Gasteiger partial charge in [0.05, 0.1) is 15.4 Å². The van der Waals surface area contributed by atoms with Crippen molar-refractivity contribution < 1.29 is 19.7 Å². The summed E-state index contributed by atoms with van der Waals surface area (Å²) in [5, 5.41) is 40.9. The summed E-state index contributed by atoms with van der Waals surface area (Å²) in [6.07, 6.45) is 0. The van der Waals surface area contributed by atoms with Crippen LogP contribution in [0.5, 0.6) is 5.88 Å². The molecule has 27 heavy (non-hydrogen) atoms. The van der Waals surface area contributed by atoms with Crippen LogP contribution in [0.1, 0.15) is 0 Å². The summed E-state index contributed by atoms with van der Waals surface area (Å²) >= 11 is 0. The minimum atomic E-state index is -0.900. The van der Waals surface area contributed by atoms with Gasteiger partial charge in [-0.3, -0.25) is 20.2 Å². The molecule has 0 fully saturated rings. The van der Waals surface area contributed by atoms with Gasteiger partial charge < -0.3 is 15.4 Å². The summed E-state index contributed by atoms with van der Waals surface area (Å²) < 4.78 is 0. The quantitative estimate of drug-likeness (QED) is 0.355. The first kappa shape index (κ1) is 17.5. The van der Waals surface area contributed by atoms with Crippen LogP contribution in [0.25, 0.3) is 10.9 Å². The molecule has 0 aliphatic carbocycles. The minimum Gasteiger partial charge on any atom is -0.493 e. The lowest BCUT2D eigenvalue weighted by Gasteiger charge is -2.00. The smallest absolute Gasteiger partial charge is 0.364 e. The first-order chi connectivity index (χ1) is 12.8. The average molecular weight is 370 g/mol. The summed E-state index contributed by atoms with van der Waals surface area (Å²) in [7, 11) is 0. The molecule has 3 aromatic rings. The van der Waals surface area contributed by atoms with Gasteiger partial charge in [-0.25, -0.2) is 4.79 Å². The molecule has 136 valence electrons. The molecule has 1 heterocycles. The molecule has 3 N–H and O–H groups in total. The van der Waals surface area contributed by atoms with Crippen LogP contribution >= 0.6 is 0 Å². The van der Waals surface area contributed by atoms with E-state index in [1.807, 2.05) is 0 Å². The van der Waals surface area contributed by atoms with Gasteiger partial charge >= 0.3 is 6.03 Å². The molecular weight excluding hydrogens is 360 g/mol. The Kier molecular flexibility index (Phi) is 4.45. The molecule has 2 aromatic carbocycles. The van der Waals surface area contributed by atoms with Crippen LogP contribution in [0.15, 0.2) is 52.7 Å². The predicted molar refractivity (Wildman–Crippen MR) is 93.2 cm³/mol. The summed E-state index contributed by atoms with van der Waals surface area (Å²) in [6, 6.07) is 7.98. The van der Waals surface area contributed by atoms with Gasteiger partial charge in [0.15, 0.2) is 5.69 Å². The number of carbonyl (C=O) groups is 1. The highest BCUT2D eigenvalue weighted by atomic mass is 16.6. The Hall–Kier alpha value is -4.35. The summed E-state index contributed by atoms with van der Waals surface area (Å²) in [6.45, 7) is 0. The molecule has 0 atom stereocenters. The number of H-pyrrole nitrogens is 1. The highest BCUT2D eigenvalue weighted by Crippen LogP contribution is 2.37. The van der Waals surface area contributed by atoms with Gasteiger partial charge in [-0.05, 0) is 18.2 Å². The number of hydrogen-bond donors (Lipinski definition) is 3. The molecule has 0 saturated heterocycles. The summed E-state index contributed by atoms with van der Waals surface area (Å²) in [4.78, 5) is 34.7. The van der Waals surface area contributed by atoms with Crippen molar-refractivity contribution in [2.45, 2.75) is 0 Å². The number of urea groups is 1. The zero-order chi connectivity index (χ0) is 19.6. The second-order valence-corrected chi connectivity index (χ2v) is 5.24. The van der Waals surface area contributed by atoms with Gasteiger partial charge in [0.2, 0.25) is 5.88 Å². The van der Waals surface area contributed by atoms with E-state index in [9.17, 15) is 30.1 Å². The zero-order valence-corrected chi connectivity index (χ0v) is 13.3. The highest BCUT2D eigenvalue weighted by Gasteiger charge is 2.15. The molecule has 0 radical (unpaired) electrons.